The Hall–Kier alpha value is -1.20. The lowest BCUT2D eigenvalue weighted by atomic mass is 10.4. The fourth-order valence-corrected chi connectivity index (χ4v) is 1.72. The van der Waals surface area contributed by atoms with Gasteiger partial charge in [0.05, 0.1) is 4.88 Å². The molecular weight excluding hydrogens is 184 g/mol. The quantitative estimate of drug-likeness (QED) is 0.767. The zero-order chi connectivity index (χ0) is 9.10. The first-order valence-electron chi connectivity index (χ1n) is 4.05. The van der Waals surface area contributed by atoms with Gasteiger partial charge in [0.1, 0.15) is 5.82 Å². The van der Waals surface area contributed by atoms with Gasteiger partial charge in [0.2, 0.25) is 0 Å². The zero-order valence-electron chi connectivity index (χ0n) is 7.03. The molecule has 0 aliphatic carbocycles. The van der Waals surface area contributed by atoms with E-state index in [9.17, 15) is 0 Å². The molecule has 0 atom stereocenters. The standard InChI is InChI=1S/C8H10N4S/c9-4-3-7-10-8(12-11-7)6-2-1-5-13-6/h1-2,5H,3-4,9H2,(H,10,11,12). The summed E-state index contributed by atoms with van der Waals surface area (Å²) in [4.78, 5) is 5.39. The van der Waals surface area contributed by atoms with Gasteiger partial charge < -0.3 is 5.73 Å². The topological polar surface area (TPSA) is 67.6 Å². The van der Waals surface area contributed by atoms with Crippen molar-refractivity contribution in [2.45, 2.75) is 6.42 Å². The highest BCUT2D eigenvalue weighted by Crippen LogP contribution is 2.20. The lowest BCUT2D eigenvalue weighted by molar-refractivity contribution is 0.874. The minimum Gasteiger partial charge on any atom is -0.330 e. The van der Waals surface area contributed by atoms with Gasteiger partial charge in [-0.3, -0.25) is 5.10 Å². The van der Waals surface area contributed by atoms with Gasteiger partial charge in [-0.25, -0.2) is 4.98 Å². The maximum Gasteiger partial charge on any atom is 0.191 e. The minimum atomic E-state index is 0.596. The molecule has 5 heteroatoms. The number of H-pyrrole nitrogens is 1. The molecule has 2 heterocycles. The van der Waals surface area contributed by atoms with Crippen LogP contribution in [0.25, 0.3) is 10.7 Å². The zero-order valence-corrected chi connectivity index (χ0v) is 7.84. The van der Waals surface area contributed by atoms with Gasteiger partial charge >= 0.3 is 0 Å². The molecule has 0 bridgehead atoms. The van der Waals surface area contributed by atoms with E-state index in [4.69, 9.17) is 5.73 Å². The summed E-state index contributed by atoms with van der Waals surface area (Å²) in [5.74, 6) is 1.62. The van der Waals surface area contributed by atoms with Crippen LogP contribution in [0.5, 0.6) is 0 Å². The molecule has 0 radical (unpaired) electrons. The van der Waals surface area contributed by atoms with Gasteiger partial charge in [0.25, 0.3) is 0 Å². The Bertz CT molecular complexity index is 365. The lowest BCUT2D eigenvalue weighted by Gasteiger charge is -1.87. The third-order valence-electron chi connectivity index (χ3n) is 1.65. The van der Waals surface area contributed by atoms with Crippen LogP contribution in [0.2, 0.25) is 0 Å². The van der Waals surface area contributed by atoms with Crippen LogP contribution >= 0.6 is 11.3 Å². The van der Waals surface area contributed by atoms with E-state index < -0.39 is 0 Å². The van der Waals surface area contributed by atoms with E-state index in [-0.39, 0.29) is 0 Å². The Morgan fingerprint density at radius 2 is 2.46 bits per heavy atom. The van der Waals surface area contributed by atoms with Crippen molar-refractivity contribution in [1.29, 1.82) is 0 Å². The van der Waals surface area contributed by atoms with E-state index in [0.29, 0.717) is 6.54 Å². The van der Waals surface area contributed by atoms with E-state index in [1.54, 1.807) is 11.3 Å². The molecule has 4 nitrogen and oxygen atoms in total. The fraction of sp³-hybridized carbons (Fsp3) is 0.250. The van der Waals surface area contributed by atoms with Gasteiger partial charge in [-0.2, -0.15) is 5.10 Å². The van der Waals surface area contributed by atoms with Crippen molar-refractivity contribution in [3.8, 4) is 10.7 Å². The van der Waals surface area contributed by atoms with Crippen molar-refractivity contribution in [1.82, 2.24) is 15.2 Å². The molecule has 0 fully saturated rings. The van der Waals surface area contributed by atoms with Crippen LogP contribution in [0, 0.1) is 0 Å². The van der Waals surface area contributed by atoms with E-state index in [2.05, 4.69) is 15.2 Å². The van der Waals surface area contributed by atoms with Crippen LogP contribution in [0.1, 0.15) is 5.82 Å². The summed E-state index contributed by atoms with van der Waals surface area (Å²) in [5.41, 5.74) is 5.40. The summed E-state index contributed by atoms with van der Waals surface area (Å²) in [6.07, 6.45) is 0.748. The summed E-state index contributed by atoms with van der Waals surface area (Å²) in [6, 6.07) is 3.99. The summed E-state index contributed by atoms with van der Waals surface area (Å²) in [6.45, 7) is 0.596. The molecule has 0 unspecified atom stereocenters. The van der Waals surface area contributed by atoms with E-state index in [0.717, 1.165) is 22.9 Å². The Morgan fingerprint density at radius 1 is 1.54 bits per heavy atom. The van der Waals surface area contributed by atoms with Crippen LogP contribution in [0.15, 0.2) is 17.5 Å². The molecule has 2 rings (SSSR count). The number of hydrogen-bond acceptors (Lipinski definition) is 4. The molecule has 0 saturated carbocycles. The second kappa shape index (κ2) is 3.68. The molecule has 2 aromatic rings. The lowest BCUT2D eigenvalue weighted by Crippen LogP contribution is -2.03. The molecule has 68 valence electrons. The average molecular weight is 194 g/mol. The van der Waals surface area contributed by atoms with Gasteiger partial charge in [-0.05, 0) is 18.0 Å². The van der Waals surface area contributed by atoms with Crippen molar-refractivity contribution < 1.29 is 0 Å². The van der Waals surface area contributed by atoms with Crippen molar-refractivity contribution in [2.75, 3.05) is 6.54 Å². The van der Waals surface area contributed by atoms with Crippen LogP contribution in [-0.2, 0) is 6.42 Å². The molecule has 0 spiro atoms. The normalized spacial score (nSPS) is 10.5. The van der Waals surface area contributed by atoms with Gasteiger partial charge in [0.15, 0.2) is 5.82 Å². The fourth-order valence-electron chi connectivity index (χ4n) is 1.06. The second-order valence-electron chi connectivity index (χ2n) is 2.62. The van der Waals surface area contributed by atoms with E-state index in [1.165, 1.54) is 0 Å². The monoisotopic (exact) mass is 194 g/mol. The Kier molecular flexibility index (Phi) is 2.37. The SMILES string of the molecule is NCCc1nc(-c2cccs2)n[nH]1. The highest BCUT2D eigenvalue weighted by molar-refractivity contribution is 7.13. The van der Waals surface area contributed by atoms with Crippen LogP contribution in [0.4, 0.5) is 0 Å². The third-order valence-corrected chi connectivity index (χ3v) is 2.52. The number of rotatable bonds is 3. The molecule has 0 aliphatic heterocycles. The summed E-state index contributed by atoms with van der Waals surface area (Å²) in [5, 5.41) is 8.96. The van der Waals surface area contributed by atoms with E-state index in [1.807, 2.05) is 17.5 Å². The van der Waals surface area contributed by atoms with Gasteiger partial charge in [-0.1, -0.05) is 6.07 Å². The second-order valence-corrected chi connectivity index (χ2v) is 3.57. The van der Waals surface area contributed by atoms with Crippen LogP contribution in [0.3, 0.4) is 0 Å². The Morgan fingerprint density at radius 3 is 3.15 bits per heavy atom. The first-order chi connectivity index (χ1) is 6.40. The summed E-state index contributed by atoms with van der Waals surface area (Å²) in [7, 11) is 0. The molecule has 0 saturated heterocycles. The predicted molar refractivity (Wildman–Crippen MR) is 52.5 cm³/mol. The highest BCUT2D eigenvalue weighted by Gasteiger charge is 2.05. The first kappa shape index (κ1) is 8.40. The number of thiophene rings is 1. The first-order valence-corrected chi connectivity index (χ1v) is 4.93. The average Bonchev–Trinajstić information content (AvgIpc) is 2.70. The number of hydrogen-bond donors (Lipinski definition) is 2. The number of aromatic nitrogens is 3. The number of aromatic amines is 1. The molecule has 0 amide bonds. The predicted octanol–water partition coefficient (Wildman–Crippen LogP) is 1.03. The van der Waals surface area contributed by atoms with Crippen molar-refractivity contribution >= 4 is 11.3 Å². The van der Waals surface area contributed by atoms with Crippen LogP contribution in [-0.4, -0.2) is 21.7 Å². The van der Waals surface area contributed by atoms with Crippen LogP contribution < -0.4 is 5.73 Å². The Labute approximate surface area is 79.8 Å². The Balaban J connectivity index is 2.23. The molecule has 3 N–H and O–H groups in total. The highest BCUT2D eigenvalue weighted by atomic mass is 32.1. The largest absolute Gasteiger partial charge is 0.330 e. The van der Waals surface area contributed by atoms with Crippen molar-refractivity contribution in [3.63, 3.8) is 0 Å². The smallest absolute Gasteiger partial charge is 0.191 e. The molecule has 0 aromatic carbocycles. The maximum atomic E-state index is 5.40. The van der Waals surface area contributed by atoms with Gasteiger partial charge in [0, 0.05) is 6.42 Å². The van der Waals surface area contributed by atoms with E-state index >= 15 is 0 Å². The maximum absolute atomic E-state index is 5.40. The van der Waals surface area contributed by atoms with Gasteiger partial charge in [-0.15, -0.1) is 11.3 Å². The molecule has 2 aromatic heterocycles. The summed E-state index contributed by atoms with van der Waals surface area (Å²) < 4.78 is 0. The molecular formula is C8H10N4S. The number of nitrogens with zero attached hydrogens (tertiary/aromatic N) is 2. The number of nitrogens with two attached hydrogens (primary N) is 1. The molecule has 13 heavy (non-hydrogen) atoms. The number of nitrogens with one attached hydrogen (secondary N) is 1. The summed E-state index contributed by atoms with van der Waals surface area (Å²) >= 11 is 1.63. The van der Waals surface area contributed by atoms with Crippen molar-refractivity contribution in [2.24, 2.45) is 5.73 Å². The third kappa shape index (κ3) is 1.76. The minimum absolute atomic E-state index is 0.596. The molecule has 0 aliphatic rings. The van der Waals surface area contributed by atoms with Crippen molar-refractivity contribution in [3.05, 3.63) is 23.3 Å².